The van der Waals surface area contributed by atoms with E-state index in [9.17, 15) is 9.59 Å². The van der Waals surface area contributed by atoms with E-state index < -0.39 is 0 Å². The molecule has 29 heavy (non-hydrogen) atoms. The van der Waals surface area contributed by atoms with Gasteiger partial charge < -0.3 is 14.7 Å². The fourth-order valence-electron chi connectivity index (χ4n) is 4.71. The van der Waals surface area contributed by atoms with Gasteiger partial charge in [0.15, 0.2) is 0 Å². The van der Waals surface area contributed by atoms with Crippen LogP contribution in [-0.2, 0) is 16.0 Å². The Hall–Kier alpha value is -2.66. The molecule has 0 aromatic heterocycles. The first-order valence-electron chi connectivity index (χ1n) is 10.4. The smallest absolute Gasteiger partial charge is 0.225 e. The van der Waals surface area contributed by atoms with Gasteiger partial charge in [-0.05, 0) is 30.2 Å². The van der Waals surface area contributed by atoms with Crippen molar-refractivity contribution in [3.63, 3.8) is 0 Å². The van der Waals surface area contributed by atoms with Gasteiger partial charge in [0.05, 0.1) is 18.5 Å². The Morgan fingerprint density at radius 1 is 0.931 bits per heavy atom. The van der Waals surface area contributed by atoms with Crippen LogP contribution in [0.1, 0.15) is 42.1 Å². The number of fused-ring (bicyclic) bond motifs is 1. The topological polar surface area (TPSA) is 43.9 Å². The number of rotatable bonds is 3. The minimum Gasteiger partial charge on any atom is -0.335 e. The molecule has 2 aromatic rings. The highest BCUT2D eigenvalue weighted by molar-refractivity contribution is 5.80. The third kappa shape index (κ3) is 4.06. The normalized spacial score (nSPS) is 22.3. The zero-order valence-electron chi connectivity index (χ0n) is 17.3. The molecule has 0 N–H and O–H groups in total. The van der Waals surface area contributed by atoms with Gasteiger partial charge in [-0.1, -0.05) is 54.6 Å². The molecule has 0 spiro atoms. The van der Waals surface area contributed by atoms with Crippen molar-refractivity contribution in [2.24, 2.45) is 0 Å². The number of carbonyl (C=O) groups is 2. The third-order valence-corrected chi connectivity index (χ3v) is 6.27. The molecule has 2 aliphatic rings. The van der Waals surface area contributed by atoms with Crippen molar-refractivity contribution in [1.29, 1.82) is 0 Å². The lowest BCUT2D eigenvalue weighted by molar-refractivity contribution is -0.140. The molecule has 5 heteroatoms. The van der Waals surface area contributed by atoms with Gasteiger partial charge in [-0.2, -0.15) is 0 Å². The molecule has 1 saturated heterocycles. The molecule has 2 heterocycles. The summed E-state index contributed by atoms with van der Waals surface area (Å²) in [6, 6.07) is 18.4. The molecule has 0 bridgehead atoms. The van der Waals surface area contributed by atoms with Crippen molar-refractivity contribution in [1.82, 2.24) is 14.7 Å². The average molecular weight is 392 g/mol. The van der Waals surface area contributed by atoms with Gasteiger partial charge in [0.1, 0.15) is 0 Å². The minimum absolute atomic E-state index is 0.0373. The van der Waals surface area contributed by atoms with Gasteiger partial charge in [0, 0.05) is 33.1 Å². The highest BCUT2D eigenvalue weighted by Gasteiger charge is 2.35. The summed E-state index contributed by atoms with van der Waals surface area (Å²) in [7, 11) is 2.10. The monoisotopic (exact) mass is 391 g/mol. The van der Waals surface area contributed by atoms with E-state index in [0.29, 0.717) is 19.5 Å². The number of benzene rings is 2. The Balaban J connectivity index is 1.60. The Bertz CT molecular complexity index is 883. The number of hydrogen-bond acceptors (Lipinski definition) is 3. The van der Waals surface area contributed by atoms with Crippen LogP contribution in [0.25, 0.3) is 0 Å². The summed E-state index contributed by atoms with van der Waals surface area (Å²) >= 11 is 0. The highest BCUT2D eigenvalue weighted by Crippen LogP contribution is 2.34. The molecule has 2 aromatic carbocycles. The summed E-state index contributed by atoms with van der Waals surface area (Å²) in [6.45, 7) is 4.69. The van der Waals surface area contributed by atoms with E-state index >= 15 is 0 Å². The van der Waals surface area contributed by atoms with Crippen molar-refractivity contribution in [3.05, 3.63) is 71.3 Å². The molecule has 2 unspecified atom stereocenters. The Morgan fingerprint density at radius 2 is 1.66 bits per heavy atom. The molecule has 5 nitrogen and oxygen atoms in total. The maximum atomic E-state index is 13.5. The van der Waals surface area contributed by atoms with Gasteiger partial charge >= 0.3 is 0 Å². The molecule has 2 aliphatic heterocycles. The molecular formula is C24H29N3O2. The summed E-state index contributed by atoms with van der Waals surface area (Å²) in [5.74, 6) is 0.162. The van der Waals surface area contributed by atoms with Crippen LogP contribution in [0.5, 0.6) is 0 Å². The Labute approximate surface area is 172 Å². The number of amides is 2. The van der Waals surface area contributed by atoms with E-state index in [1.807, 2.05) is 40.1 Å². The predicted octanol–water partition coefficient (Wildman–Crippen LogP) is 3.04. The van der Waals surface area contributed by atoms with Crippen LogP contribution in [-0.4, -0.2) is 59.7 Å². The van der Waals surface area contributed by atoms with Crippen LogP contribution in [0.2, 0.25) is 0 Å². The summed E-state index contributed by atoms with van der Waals surface area (Å²) in [4.78, 5) is 32.0. The van der Waals surface area contributed by atoms with Crippen LogP contribution in [0.3, 0.4) is 0 Å². The fourth-order valence-corrected chi connectivity index (χ4v) is 4.71. The lowest BCUT2D eigenvalue weighted by Gasteiger charge is -2.42. The number of piperazine rings is 1. The number of hydrogen-bond donors (Lipinski definition) is 0. The molecule has 152 valence electrons. The number of nitrogens with zero attached hydrogens (tertiary/aromatic N) is 3. The minimum atomic E-state index is -0.180. The summed E-state index contributed by atoms with van der Waals surface area (Å²) in [5, 5.41) is 0. The van der Waals surface area contributed by atoms with Gasteiger partial charge in [-0.3, -0.25) is 9.59 Å². The molecule has 1 fully saturated rings. The first-order chi connectivity index (χ1) is 14.0. The van der Waals surface area contributed by atoms with E-state index in [4.69, 9.17) is 0 Å². The molecular weight excluding hydrogens is 362 g/mol. The van der Waals surface area contributed by atoms with Crippen molar-refractivity contribution in [2.75, 3.05) is 33.2 Å². The van der Waals surface area contributed by atoms with Crippen LogP contribution >= 0.6 is 0 Å². The second-order valence-electron chi connectivity index (χ2n) is 8.16. The number of likely N-dealkylation sites (N-methyl/N-ethyl adjacent to an activating group) is 1. The van der Waals surface area contributed by atoms with Crippen molar-refractivity contribution in [3.8, 4) is 0 Å². The lowest BCUT2D eigenvalue weighted by Crippen LogP contribution is -2.50. The van der Waals surface area contributed by atoms with Gasteiger partial charge in [0.2, 0.25) is 11.8 Å². The SMILES string of the molecule is CC(=O)N1CCc2ccccc2C1CC(=O)N1CCN(C)CC1c1ccccc1. The van der Waals surface area contributed by atoms with Crippen LogP contribution in [0.15, 0.2) is 54.6 Å². The Morgan fingerprint density at radius 3 is 2.41 bits per heavy atom. The second kappa shape index (κ2) is 8.37. The van der Waals surface area contributed by atoms with Gasteiger partial charge in [-0.25, -0.2) is 0 Å². The van der Waals surface area contributed by atoms with E-state index in [1.165, 1.54) is 11.1 Å². The zero-order chi connectivity index (χ0) is 20.4. The maximum absolute atomic E-state index is 13.5. The molecule has 0 saturated carbocycles. The predicted molar refractivity (Wildman–Crippen MR) is 113 cm³/mol. The fraction of sp³-hybridized carbons (Fsp3) is 0.417. The van der Waals surface area contributed by atoms with Gasteiger partial charge in [0.25, 0.3) is 0 Å². The van der Waals surface area contributed by atoms with E-state index in [2.05, 4.69) is 36.2 Å². The first kappa shape index (κ1) is 19.6. The average Bonchev–Trinajstić information content (AvgIpc) is 2.74. The summed E-state index contributed by atoms with van der Waals surface area (Å²) < 4.78 is 0. The highest BCUT2D eigenvalue weighted by atomic mass is 16.2. The molecule has 4 rings (SSSR count). The standard InChI is InChI=1S/C24H29N3O2/c1-18(28)26-13-12-19-8-6-7-11-21(19)22(26)16-24(29)27-15-14-25(2)17-23(27)20-9-4-3-5-10-20/h3-11,22-23H,12-17H2,1-2H3. The Kier molecular flexibility index (Phi) is 5.67. The van der Waals surface area contributed by atoms with E-state index in [1.54, 1.807) is 6.92 Å². The van der Waals surface area contributed by atoms with Gasteiger partial charge in [-0.15, -0.1) is 0 Å². The lowest BCUT2D eigenvalue weighted by atomic mass is 9.90. The number of carbonyl (C=O) groups excluding carboxylic acids is 2. The molecule has 0 radical (unpaired) electrons. The third-order valence-electron chi connectivity index (χ3n) is 6.27. The van der Waals surface area contributed by atoms with E-state index in [-0.39, 0.29) is 23.9 Å². The summed E-state index contributed by atoms with van der Waals surface area (Å²) in [6.07, 6.45) is 1.19. The van der Waals surface area contributed by atoms with Crippen molar-refractivity contribution < 1.29 is 9.59 Å². The maximum Gasteiger partial charge on any atom is 0.225 e. The van der Waals surface area contributed by atoms with Crippen LogP contribution in [0.4, 0.5) is 0 Å². The summed E-state index contributed by atoms with van der Waals surface area (Å²) in [5.41, 5.74) is 3.54. The van der Waals surface area contributed by atoms with Crippen molar-refractivity contribution in [2.45, 2.75) is 31.8 Å². The van der Waals surface area contributed by atoms with Crippen molar-refractivity contribution >= 4 is 11.8 Å². The molecule has 2 amide bonds. The quantitative estimate of drug-likeness (QED) is 0.808. The van der Waals surface area contributed by atoms with Crippen LogP contribution < -0.4 is 0 Å². The van der Waals surface area contributed by atoms with E-state index in [0.717, 1.165) is 25.1 Å². The second-order valence-corrected chi connectivity index (χ2v) is 8.16. The largest absolute Gasteiger partial charge is 0.335 e. The zero-order valence-corrected chi connectivity index (χ0v) is 17.3. The first-order valence-corrected chi connectivity index (χ1v) is 10.4. The van der Waals surface area contributed by atoms with Crippen LogP contribution in [0, 0.1) is 0 Å². The molecule has 0 aliphatic carbocycles. The molecule has 2 atom stereocenters.